The molecule has 12 heteroatoms. The fourth-order valence-corrected chi connectivity index (χ4v) is 2.57. The Labute approximate surface area is 216 Å². The van der Waals surface area contributed by atoms with Gasteiger partial charge in [-0.05, 0) is 79.5 Å². The molecule has 0 bridgehead atoms. The van der Waals surface area contributed by atoms with Crippen LogP contribution in [0.4, 0.5) is 14.4 Å². The van der Waals surface area contributed by atoms with Crippen molar-refractivity contribution in [2.24, 2.45) is 5.73 Å². The van der Waals surface area contributed by atoms with Crippen LogP contribution >= 0.6 is 0 Å². The van der Waals surface area contributed by atoms with Crippen LogP contribution in [-0.4, -0.2) is 61.0 Å². The molecule has 1 rings (SSSR count). The van der Waals surface area contributed by atoms with Gasteiger partial charge in [0.2, 0.25) is 0 Å². The van der Waals surface area contributed by atoms with E-state index in [9.17, 15) is 19.2 Å². The number of benzene rings is 1. The maximum atomic E-state index is 12.4. The molecule has 0 aromatic heterocycles. The summed E-state index contributed by atoms with van der Waals surface area (Å²) in [4.78, 5) is 48.0. The Hall–Kier alpha value is -3.54. The third kappa shape index (κ3) is 13.4. The smallest absolute Gasteiger partial charge is 0.458 e. The van der Waals surface area contributed by atoms with Crippen molar-refractivity contribution in [3.63, 3.8) is 0 Å². The minimum absolute atomic E-state index is 0.0122. The molecule has 1 aromatic carbocycles. The zero-order valence-corrected chi connectivity index (χ0v) is 22.6. The molecule has 1 aromatic rings. The monoisotopic (exact) mass is 527 g/mol. The van der Waals surface area contributed by atoms with Crippen molar-refractivity contribution >= 4 is 24.4 Å². The third-order valence-electron chi connectivity index (χ3n) is 3.95. The summed E-state index contributed by atoms with van der Waals surface area (Å²) in [6.45, 7) is 13.1. The first-order valence-electron chi connectivity index (χ1n) is 11.7. The van der Waals surface area contributed by atoms with E-state index in [0.717, 1.165) is 0 Å². The molecule has 0 saturated carbocycles. The van der Waals surface area contributed by atoms with Gasteiger partial charge in [0, 0.05) is 0 Å². The van der Waals surface area contributed by atoms with E-state index in [1.54, 1.807) is 48.5 Å². The van der Waals surface area contributed by atoms with Crippen LogP contribution in [-0.2, 0) is 34.9 Å². The fraction of sp³-hybridized carbons (Fsp3) is 0.600. The van der Waals surface area contributed by atoms with E-state index >= 15 is 0 Å². The van der Waals surface area contributed by atoms with Gasteiger partial charge >= 0.3 is 24.4 Å². The van der Waals surface area contributed by atoms with Gasteiger partial charge < -0.3 is 38.9 Å². The lowest BCUT2D eigenvalue weighted by Gasteiger charge is -2.21. The molecule has 2 N–H and O–H groups in total. The number of carbonyl (C=O) groups is 4. The second kappa shape index (κ2) is 13.7. The number of hydrogen-bond acceptors (Lipinski definition) is 12. The lowest BCUT2D eigenvalue weighted by Crippen LogP contribution is -2.37. The Kier molecular flexibility index (Phi) is 11.6. The molecular weight excluding hydrogens is 490 g/mol. The fourth-order valence-electron chi connectivity index (χ4n) is 2.57. The molecule has 0 heterocycles. The molecule has 2 atom stereocenters. The van der Waals surface area contributed by atoms with Gasteiger partial charge in [-0.15, -0.1) is 0 Å². The van der Waals surface area contributed by atoms with Gasteiger partial charge in [-0.1, -0.05) is 6.07 Å². The van der Waals surface area contributed by atoms with Crippen LogP contribution in [0, 0.1) is 0 Å². The molecular formula is C25H37NO11. The van der Waals surface area contributed by atoms with Crippen molar-refractivity contribution in [3.8, 4) is 11.5 Å². The number of ether oxygens (including phenoxy) is 7. The van der Waals surface area contributed by atoms with Crippen molar-refractivity contribution in [1.82, 2.24) is 0 Å². The maximum absolute atomic E-state index is 12.4. The van der Waals surface area contributed by atoms with Gasteiger partial charge in [0.05, 0.1) is 6.61 Å². The summed E-state index contributed by atoms with van der Waals surface area (Å²) in [6.07, 6.45) is -3.69. The van der Waals surface area contributed by atoms with E-state index in [-0.39, 0.29) is 31.1 Å². The number of hydrogen-bond donors (Lipinski definition) is 1. The Morgan fingerprint density at radius 1 is 0.838 bits per heavy atom. The van der Waals surface area contributed by atoms with E-state index in [2.05, 4.69) is 4.74 Å². The summed E-state index contributed by atoms with van der Waals surface area (Å²) >= 11 is 0. The molecule has 0 aliphatic heterocycles. The van der Waals surface area contributed by atoms with Gasteiger partial charge in [-0.2, -0.15) is 0 Å². The highest BCUT2D eigenvalue weighted by Gasteiger charge is 2.25. The van der Waals surface area contributed by atoms with Gasteiger partial charge in [0.1, 0.15) is 30.0 Å². The van der Waals surface area contributed by atoms with E-state index in [4.69, 9.17) is 34.2 Å². The highest BCUT2D eigenvalue weighted by Crippen LogP contribution is 2.31. The Morgan fingerprint density at radius 3 is 1.89 bits per heavy atom. The first-order chi connectivity index (χ1) is 17.0. The second-order valence-corrected chi connectivity index (χ2v) is 9.97. The minimum atomic E-state index is -1.10. The van der Waals surface area contributed by atoms with Crippen molar-refractivity contribution in [2.75, 3.05) is 13.2 Å². The highest BCUT2D eigenvalue weighted by atomic mass is 16.8. The van der Waals surface area contributed by atoms with Crippen LogP contribution in [0.25, 0.3) is 0 Å². The zero-order valence-electron chi connectivity index (χ0n) is 22.6. The maximum Gasteiger partial charge on any atom is 0.514 e. The molecule has 0 radical (unpaired) electrons. The van der Waals surface area contributed by atoms with Crippen LogP contribution in [0.2, 0.25) is 0 Å². The van der Waals surface area contributed by atoms with Crippen molar-refractivity contribution in [2.45, 2.75) is 85.2 Å². The Balaban J connectivity index is 2.95. The molecule has 0 aliphatic carbocycles. The molecule has 0 unspecified atom stereocenters. The van der Waals surface area contributed by atoms with Crippen LogP contribution in [0.3, 0.4) is 0 Å². The topological polar surface area (TPSA) is 159 Å². The normalized spacial score (nSPS) is 13.0. The first-order valence-corrected chi connectivity index (χ1v) is 11.7. The van der Waals surface area contributed by atoms with E-state index < -0.39 is 47.8 Å². The largest absolute Gasteiger partial charge is 0.514 e. The molecule has 0 fully saturated rings. The number of carbonyl (C=O) groups excluding carboxylic acids is 4. The van der Waals surface area contributed by atoms with Crippen LogP contribution in [0.1, 0.15) is 61.0 Å². The van der Waals surface area contributed by atoms with Crippen molar-refractivity contribution < 1.29 is 52.3 Å². The molecule has 0 saturated heterocycles. The summed E-state index contributed by atoms with van der Waals surface area (Å²) in [5, 5.41) is 0. The lowest BCUT2D eigenvalue weighted by molar-refractivity contribution is -0.152. The van der Waals surface area contributed by atoms with Crippen molar-refractivity contribution in [1.29, 1.82) is 0 Å². The standard InChI is InChI=1S/C25H37NO11/c1-9-31-21(28)32-14-15(2)33-20(27)17(26)12-16-10-11-18(34-22(29)36-24(3,4)5)19(13-16)35-23(30)37-25(6,7)8/h10-11,13,15,17H,9,12,14,26H2,1-8H3/t15-,17-/m0/s1. The third-order valence-corrected chi connectivity index (χ3v) is 3.95. The SMILES string of the molecule is CCOC(=O)OC[C@H](C)OC(=O)[C@@H](N)Cc1ccc(OC(=O)OC(C)(C)C)c(OC(=O)OC(C)(C)C)c1. The van der Waals surface area contributed by atoms with Gasteiger partial charge in [0.25, 0.3) is 0 Å². The van der Waals surface area contributed by atoms with Crippen LogP contribution < -0.4 is 15.2 Å². The molecule has 208 valence electrons. The number of esters is 1. The molecule has 0 spiro atoms. The van der Waals surface area contributed by atoms with Crippen LogP contribution in [0.5, 0.6) is 11.5 Å². The molecule has 0 aliphatic rings. The minimum Gasteiger partial charge on any atom is -0.458 e. The Morgan fingerprint density at radius 2 is 1.38 bits per heavy atom. The predicted molar refractivity (Wildman–Crippen MR) is 130 cm³/mol. The molecule has 0 amide bonds. The van der Waals surface area contributed by atoms with Gasteiger partial charge in [0.15, 0.2) is 11.5 Å². The van der Waals surface area contributed by atoms with Crippen LogP contribution in [0.15, 0.2) is 18.2 Å². The summed E-state index contributed by atoms with van der Waals surface area (Å²) in [6, 6.07) is 3.18. The Bertz CT molecular complexity index is 947. The van der Waals surface area contributed by atoms with Gasteiger partial charge in [-0.25, -0.2) is 14.4 Å². The molecule has 37 heavy (non-hydrogen) atoms. The predicted octanol–water partition coefficient (Wildman–Crippen LogP) is 4.29. The number of nitrogens with two attached hydrogens (primary N) is 1. The average Bonchev–Trinajstić information content (AvgIpc) is 2.71. The molecule has 12 nitrogen and oxygen atoms in total. The summed E-state index contributed by atoms with van der Waals surface area (Å²) in [5.74, 6) is -0.997. The summed E-state index contributed by atoms with van der Waals surface area (Å²) < 4.78 is 35.4. The number of rotatable bonds is 9. The van der Waals surface area contributed by atoms with E-state index in [0.29, 0.717) is 5.56 Å². The summed E-state index contributed by atoms with van der Waals surface area (Å²) in [5.41, 5.74) is 4.80. The van der Waals surface area contributed by atoms with E-state index in [1.165, 1.54) is 25.1 Å². The van der Waals surface area contributed by atoms with E-state index in [1.807, 2.05) is 0 Å². The second-order valence-electron chi connectivity index (χ2n) is 9.97. The lowest BCUT2D eigenvalue weighted by atomic mass is 10.1. The van der Waals surface area contributed by atoms with Gasteiger partial charge in [-0.3, -0.25) is 4.79 Å². The first kappa shape index (κ1) is 31.5. The highest BCUT2D eigenvalue weighted by molar-refractivity contribution is 5.76. The van der Waals surface area contributed by atoms with Crippen molar-refractivity contribution in [3.05, 3.63) is 23.8 Å². The quantitative estimate of drug-likeness (QED) is 0.276. The summed E-state index contributed by atoms with van der Waals surface area (Å²) in [7, 11) is 0. The zero-order chi connectivity index (χ0) is 28.4. The average molecular weight is 528 g/mol.